The summed E-state index contributed by atoms with van der Waals surface area (Å²) in [6.45, 7) is 0. The maximum atomic E-state index is 6.33. The molecule has 0 aliphatic carbocycles. The van der Waals surface area contributed by atoms with E-state index in [0.29, 0.717) is 0 Å². The second-order valence-corrected chi connectivity index (χ2v) is 17.2. The fraction of sp³-hybridized carbons (Fsp3) is 0. The van der Waals surface area contributed by atoms with Gasteiger partial charge in [0.05, 0.1) is 0 Å². The van der Waals surface area contributed by atoms with Crippen LogP contribution >= 0.6 is 0 Å². The molecule has 0 aliphatic rings. The van der Waals surface area contributed by atoms with Crippen molar-refractivity contribution < 1.29 is 4.42 Å². The van der Waals surface area contributed by atoms with Crippen molar-refractivity contribution in [2.24, 2.45) is 0 Å². The lowest BCUT2D eigenvalue weighted by Crippen LogP contribution is -2.10. The molecule has 1 heterocycles. The minimum atomic E-state index is 0.890. The van der Waals surface area contributed by atoms with Crippen LogP contribution in [0.3, 0.4) is 0 Å². The summed E-state index contributed by atoms with van der Waals surface area (Å²) in [7, 11) is 0. The fourth-order valence-electron chi connectivity index (χ4n) is 10.2. The van der Waals surface area contributed by atoms with E-state index in [9.17, 15) is 0 Å². The van der Waals surface area contributed by atoms with Crippen LogP contribution in [0.15, 0.2) is 253 Å². The number of para-hydroxylation sites is 1. The Bertz CT molecular complexity index is 3990. The third-order valence-electron chi connectivity index (χ3n) is 13.4. The number of hydrogen-bond acceptors (Lipinski definition) is 2. The van der Waals surface area contributed by atoms with Gasteiger partial charge in [-0.1, -0.05) is 194 Å². The summed E-state index contributed by atoms with van der Waals surface area (Å²) in [5, 5.41) is 12.4. The Morgan fingerprint density at radius 3 is 1.52 bits per heavy atom. The summed E-state index contributed by atoms with van der Waals surface area (Å²) < 4.78 is 6.33. The zero-order chi connectivity index (χ0) is 43.6. The average Bonchev–Trinajstić information content (AvgIpc) is 3.78. The van der Waals surface area contributed by atoms with Gasteiger partial charge < -0.3 is 9.32 Å². The summed E-state index contributed by atoms with van der Waals surface area (Å²) in [6.07, 6.45) is 0. The van der Waals surface area contributed by atoms with Gasteiger partial charge in [-0.2, -0.15) is 0 Å². The van der Waals surface area contributed by atoms with Gasteiger partial charge >= 0.3 is 0 Å². The summed E-state index contributed by atoms with van der Waals surface area (Å²) in [6, 6.07) is 90.3. The first-order valence-corrected chi connectivity index (χ1v) is 22.6. The Morgan fingerprint density at radius 2 is 0.742 bits per heavy atom. The molecule has 0 spiro atoms. The second kappa shape index (κ2) is 15.5. The lowest BCUT2D eigenvalue weighted by molar-refractivity contribution is 0.669. The molecule has 0 saturated heterocycles. The molecule has 0 radical (unpaired) electrons. The lowest BCUT2D eigenvalue weighted by atomic mass is 9.93. The molecule has 0 amide bonds. The van der Waals surface area contributed by atoms with Crippen molar-refractivity contribution in [2.45, 2.75) is 0 Å². The highest BCUT2D eigenvalue weighted by molar-refractivity contribution is 6.14. The lowest BCUT2D eigenvalue weighted by Gasteiger charge is -2.27. The topological polar surface area (TPSA) is 16.4 Å². The van der Waals surface area contributed by atoms with E-state index in [-0.39, 0.29) is 0 Å². The van der Waals surface area contributed by atoms with Crippen molar-refractivity contribution in [3.05, 3.63) is 249 Å². The van der Waals surface area contributed by atoms with Gasteiger partial charge in [0.15, 0.2) is 0 Å². The van der Waals surface area contributed by atoms with Crippen LogP contribution in [0.5, 0.6) is 0 Å². The minimum Gasteiger partial charge on any atom is -0.456 e. The number of anilines is 3. The summed E-state index contributed by atoms with van der Waals surface area (Å²) in [5.74, 6) is 0. The van der Waals surface area contributed by atoms with E-state index in [2.05, 4.69) is 241 Å². The number of hydrogen-bond donors (Lipinski definition) is 0. The second-order valence-electron chi connectivity index (χ2n) is 17.2. The molecule has 0 bridgehead atoms. The van der Waals surface area contributed by atoms with Gasteiger partial charge in [0.1, 0.15) is 11.2 Å². The Labute approximate surface area is 382 Å². The molecular formula is C64H41NO. The largest absolute Gasteiger partial charge is 0.456 e. The molecule has 0 aliphatic heterocycles. The van der Waals surface area contributed by atoms with Crippen LogP contribution in [-0.4, -0.2) is 0 Å². The van der Waals surface area contributed by atoms with Crippen molar-refractivity contribution >= 4 is 82.1 Å². The maximum Gasteiger partial charge on any atom is 0.136 e. The highest BCUT2D eigenvalue weighted by Crippen LogP contribution is 2.43. The normalized spacial score (nSPS) is 11.6. The maximum absolute atomic E-state index is 6.33. The van der Waals surface area contributed by atoms with Gasteiger partial charge in [-0.25, -0.2) is 0 Å². The molecule has 66 heavy (non-hydrogen) atoms. The van der Waals surface area contributed by atoms with E-state index in [4.69, 9.17) is 4.42 Å². The third-order valence-corrected chi connectivity index (χ3v) is 13.4. The Balaban J connectivity index is 0.909. The van der Waals surface area contributed by atoms with Crippen LogP contribution < -0.4 is 4.90 Å². The van der Waals surface area contributed by atoms with E-state index in [1.165, 1.54) is 65.3 Å². The van der Waals surface area contributed by atoms with Gasteiger partial charge in [0.25, 0.3) is 0 Å². The molecule has 1 aromatic heterocycles. The Kier molecular flexibility index (Phi) is 8.89. The monoisotopic (exact) mass is 839 g/mol. The first-order valence-electron chi connectivity index (χ1n) is 22.6. The van der Waals surface area contributed by atoms with E-state index in [0.717, 1.165) is 61.3 Å². The number of nitrogens with zero attached hydrogens (tertiary/aromatic N) is 1. The Morgan fingerprint density at radius 1 is 0.242 bits per heavy atom. The average molecular weight is 840 g/mol. The first kappa shape index (κ1) is 37.8. The van der Waals surface area contributed by atoms with Crippen LogP contribution in [0.4, 0.5) is 17.1 Å². The number of rotatable bonds is 7. The summed E-state index contributed by atoms with van der Waals surface area (Å²) in [4.78, 5) is 2.38. The predicted molar refractivity (Wildman–Crippen MR) is 280 cm³/mol. The van der Waals surface area contributed by atoms with Crippen LogP contribution in [0.1, 0.15) is 0 Å². The highest BCUT2D eigenvalue weighted by Gasteiger charge is 2.18. The molecule has 0 unspecified atom stereocenters. The molecule has 12 aromatic carbocycles. The molecule has 2 heteroatoms. The number of furan rings is 1. The zero-order valence-corrected chi connectivity index (χ0v) is 36.0. The van der Waals surface area contributed by atoms with Crippen molar-refractivity contribution in [3.8, 4) is 44.5 Å². The summed E-state index contributed by atoms with van der Waals surface area (Å²) >= 11 is 0. The van der Waals surface area contributed by atoms with Gasteiger partial charge in [0, 0.05) is 27.8 Å². The van der Waals surface area contributed by atoms with Crippen LogP contribution in [0.2, 0.25) is 0 Å². The number of fused-ring (bicyclic) bond motifs is 9. The molecule has 0 atom stereocenters. The standard InChI is InChI=1S/C64H41NO/c1-3-17-54-45(12-1)35-38-59-55(20-9-22-58(54)59)46-27-25-42(26-28-46)48-13-7-15-52(39-48)65(53-16-8-14-50(40-53)57-21-10-24-63-64(57)60-19-5-6-23-62(60)66-63)51-36-33-43(34-37-51)49-32-31-47-30-29-44-11-2-4-18-56(44)61(47)41-49/h1-41H. The third kappa shape index (κ3) is 6.42. The van der Waals surface area contributed by atoms with Gasteiger partial charge in [-0.3, -0.25) is 0 Å². The van der Waals surface area contributed by atoms with Gasteiger partial charge in [-0.05, 0) is 142 Å². The fourth-order valence-corrected chi connectivity index (χ4v) is 10.2. The van der Waals surface area contributed by atoms with Crippen molar-refractivity contribution in [2.75, 3.05) is 4.90 Å². The van der Waals surface area contributed by atoms with E-state index in [1.807, 2.05) is 12.1 Å². The first-order chi connectivity index (χ1) is 32.7. The molecule has 0 saturated carbocycles. The van der Waals surface area contributed by atoms with E-state index >= 15 is 0 Å². The smallest absolute Gasteiger partial charge is 0.136 e. The molecule has 0 fully saturated rings. The van der Waals surface area contributed by atoms with Crippen molar-refractivity contribution in [1.82, 2.24) is 0 Å². The van der Waals surface area contributed by atoms with Gasteiger partial charge in [0.2, 0.25) is 0 Å². The molecule has 13 rings (SSSR count). The van der Waals surface area contributed by atoms with Crippen molar-refractivity contribution in [1.29, 1.82) is 0 Å². The minimum absolute atomic E-state index is 0.890. The van der Waals surface area contributed by atoms with E-state index < -0.39 is 0 Å². The SMILES string of the molecule is c1cc(-c2ccc(-c3cccc4c3ccc3ccccc34)cc2)cc(N(c2ccc(-c3ccc4ccc5ccccc5c4c3)cc2)c2cccc(-c3cccc4oc5ccccc5c34)c2)c1. The highest BCUT2D eigenvalue weighted by atomic mass is 16.3. The molecule has 2 nitrogen and oxygen atoms in total. The van der Waals surface area contributed by atoms with E-state index in [1.54, 1.807) is 0 Å². The van der Waals surface area contributed by atoms with Crippen LogP contribution in [0.25, 0.3) is 110 Å². The summed E-state index contributed by atoms with van der Waals surface area (Å²) in [5.41, 5.74) is 14.4. The van der Waals surface area contributed by atoms with Gasteiger partial charge in [-0.15, -0.1) is 0 Å². The van der Waals surface area contributed by atoms with Crippen LogP contribution in [0, 0.1) is 0 Å². The molecule has 0 N–H and O–H groups in total. The quantitative estimate of drug-likeness (QED) is 0.149. The van der Waals surface area contributed by atoms with Crippen LogP contribution in [-0.2, 0) is 0 Å². The predicted octanol–water partition coefficient (Wildman–Crippen LogP) is 18.3. The Hall–Kier alpha value is -8.72. The van der Waals surface area contributed by atoms with Crippen molar-refractivity contribution in [3.63, 3.8) is 0 Å². The molecular weight excluding hydrogens is 799 g/mol. The number of benzene rings is 12. The zero-order valence-electron chi connectivity index (χ0n) is 36.0. The molecule has 308 valence electrons. The molecule has 13 aromatic rings.